The van der Waals surface area contributed by atoms with E-state index in [0.29, 0.717) is 58.3 Å². The van der Waals surface area contributed by atoms with Gasteiger partial charge in [0.05, 0.1) is 53.4 Å². The Labute approximate surface area is 276 Å². The molecule has 0 spiro atoms. The lowest BCUT2D eigenvalue weighted by Gasteiger charge is -2.26. The number of hydrogen-bond acceptors (Lipinski definition) is 10. The largest absolute Gasteiger partial charge is 0.493 e. The summed E-state index contributed by atoms with van der Waals surface area (Å²) in [4.78, 5) is 44.9. The lowest BCUT2D eigenvalue weighted by atomic mass is 9.93. The van der Waals surface area contributed by atoms with E-state index in [1.54, 1.807) is 43.3 Å². The van der Waals surface area contributed by atoms with Gasteiger partial charge in [0, 0.05) is 12.5 Å². The summed E-state index contributed by atoms with van der Waals surface area (Å²) in [6.07, 6.45) is 1.72. The Bertz CT molecular complexity index is 2000. The number of halogens is 1. The molecule has 4 aromatic rings. The smallest absolute Gasteiger partial charge is 0.338 e. The molecule has 0 amide bonds. The summed E-state index contributed by atoms with van der Waals surface area (Å²) in [7, 11) is 4.53. The van der Waals surface area contributed by atoms with Crippen LogP contribution >= 0.6 is 33.9 Å². The fourth-order valence-corrected chi connectivity index (χ4v) is 6.73. The predicted octanol–water partition coefficient (Wildman–Crippen LogP) is 4.49. The molecule has 0 bridgehead atoms. The van der Waals surface area contributed by atoms with E-state index in [0.717, 1.165) is 0 Å². The number of carbonyl (C=O) groups is 2. The van der Waals surface area contributed by atoms with Crippen LogP contribution in [-0.2, 0) is 14.3 Å². The Hall–Kier alpha value is -4.43. The third-order valence-electron chi connectivity index (χ3n) is 6.89. The number of nitrogens with zero attached hydrogens (tertiary/aromatic N) is 2. The molecule has 1 aliphatic heterocycles. The lowest BCUT2D eigenvalue weighted by Crippen LogP contribution is -2.40. The molecule has 12 heteroatoms. The van der Waals surface area contributed by atoms with E-state index in [9.17, 15) is 14.4 Å². The SMILES string of the molecule is CCOC(=O)C1=C(c2ccccc2)N=c2s/c(=C\c3cc(I)c(OC(C)=O)c(OC)c3)c(=O)n2[C@@H]1c1ccc(OC)c(OC)c1. The van der Waals surface area contributed by atoms with Crippen LogP contribution in [0.5, 0.6) is 23.0 Å². The molecule has 1 aliphatic rings. The first kappa shape index (κ1) is 32.0. The maximum atomic E-state index is 14.2. The first-order valence-corrected chi connectivity index (χ1v) is 15.7. The molecule has 1 atom stereocenters. The number of hydrogen-bond donors (Lipinski definition) is 0. The van der Waals surface area contributed by atoms with Gasteiger partial charge in [-0.05, 0) is 71.0 Å². The molecule has 1 aromatic heterocycles. The molecule has 0 aliphatic carbocycles. The van der Waals surface area contributed by atoms with Crippen molar-refractivity contribution >= 4 is 57.6 Å². The van der Waals surface area contributed by atoms with Crippen molar-refractivity contribution in [2.45, 2.75) is 19.9 Å². The number of ether oxygens (including phenoxy) is 5. The van der Waals surface area contributed by atoms with Crippen LogP contribution in [0.4, 0.5) is 0 Å². The molecule has 232 valence electrons. The van der Waals surface area contributed by atoms with Crippen molar-refractivity contribution in [3.63, 3.8) is 0 Å². The van der Waals surface area contributed by atoms with Gasteiger partial charge in [0.25, 0.3) is 5.56 Å². The quantitative estimate of drug-likeness (QED) is 0.140. The van der Waals surface area contributed by atoms with E-state index < -0.39 is 18.0 Å². The highest BCUT2D eigenvalue weighted by Gasteiger charge is 2.35. The molecule has 2 heterocycles. The van der Waals surface area contributed by atoms with Crippen LogP contribution in [0.15, 0.2) is 76.0 Å². The minimum absolute atomic E-state index is 0.136. The second-order valence-corrected chi connectivity index (χ2v) is 11.8. The first-order chi connectivity index (χ1) is 21.7. The number of benzene rings is 3. The van der Waals surface area contributed by atoms with Gasteiger partial charge >= 0.3 is 11.9 Å². The second kappa shape index (κ2) is 13.7. The summed E-state index contributed by atoms with van der Waals surface area (Å²) in [6.45, 7) is 3.17. The fourth-order valence-electron chi connectivity index (χ4n) is 5.00. The van der Waals surface area contributed by atoms with Gasteiger partial charge in [0.15, 0.2) is 27.8 Å². The number of esters is 2. The zero-order valence-electron chi connectivity index (χ0n) is 25.1. The third kappa shape index (κ3) is 6.38. The average molecular weight is 741 g/mol. The van der Waals surface area contributed by atoms with Crippen LogP contribution in [0, 0.1) is 3.57 Å². The molecule has 0 unspecified atom stereocenters. The monoisotopic (exact) mass is 740 g/mol. The first-order valence-electron chi connectivity index (χ1n) is 13.8. The number of thiazole rings is 1. The van der Waals surface area contributed by atoms with Crippen molar-refractivity contribution in [3.8, 4) is 23.0 Å². The summed E-state index contributed by atoms with van der Waals surface area (Å²) in [5.74, 6) is 0.510. The second-order valence-electron chi connectivity index (χ2n) is 9.67. The van der Waals surface area contributed by atoms with Gasteiger partial charge in [-0.1, -0.05) is 47.7 Å². The number of carbonyl (C=O) groups excluding carboxylic acids is 2. The van der Waals surface area contributed by atoms with Gasteiger partial charge in [-0.25, -0.2) is 9.79 Å². The van der Waals surface area contributed by atoms with Gasteiger partial charge in [-0.2, -0.15) is 0 Å². The molecule has 45 heavy (non-hydrogen) atoms. The van der Waals surface area contributed by atoms with Crippen LogP contribution in [0.1, 0.15) is 36.6 Å². The summed E-state index contributed by atoms with van der Waals surface area (Å²) in [6, 6.07) is 17.1. The van der Waals surface area contributed by atoms with Gasteiger partial charge < -0.3 is 23.7 Å². The van der Waals surface area contributed by atoms with Crippen LogP contribution in [0.2, 0.25) is 0 Å². The summed E-state index contributed by atoms with van der Waals surface area (Å²) in [5.41, 5.74) is 2.22. The number of aromatic nitrogens is 1. The molecule has 0 saturated carbocycles. The predicted molar refractivity (Wildman–Crippen MR) is 178 cm³/mol. The Kier molecular flexibility index (Phi) is 9.73. The highest BCUT2D eigenvalue weighted by atomic mass is 127. The van der Waals surface area contributed by atoms with Crippen LogP contribution in [0.25, 0.3) is 11.8 Å². The Morgan fingerprint density at radius 1 is 0.978 bits per heavy atom. The van der Waals surface area contributed by atoms with E-state index >= 15 is 0 Å². The van der Waals surface area contributed by atoms with Crippen LogP contribution in [-0.4, -0.2) is 44.4 Å². The lowest BCUT2D eigenvalue weighted by molar-refractivity contribution is -0.139. The molecule has 5 rings (SSSR count). The molecule has 0 N–H and O–H groups in total. The Morgan fingerprint density at radius 2 is 1.69 bits per heavy atom. The maximum Gasteiger partial charge on any atom is 0.338 e. The molecule has 0 radical (unpaired) electrons. The summed E-state index contributed by atoms with van der Waals surface area (Å²) in [5, 5.41) is 0. The van der Waals surface area contributed by atoms with Crippen LogP contribution < -0.4 is 33.8 Å². The minimum Gasteiger partial charge on any atom is -0.493 e. The highest BCUT2D eigenvalue weighted by molar-refractivity contribution is 14.1. The molecular formula is C33H29IN2O8S. The van der Waals surface area contributed by atoms with Gasteiger partial charge in [0.1, 0.15) is 0 Å². The average Bonchev–Trinajstić information content (AvgIpc) is 3.35. The van der Waals surface area contributed by atoms with Gasteiger partial charge in [-0.15, -0.1) is 0 Å². The normalized spacial score (nSPS) is 14.4. The van der Waals surface area contributed by atoms with Crippen molar-refractivity contribution in [2.24, 2.45) is 4.99 Å². The number of fused-ring (bicyclic) bond motifs is 1. The molecule has 0 fully saturated rings. The Morgan fingerprint density at radius 3 is 2.33 bits per heavy atom. The zero-order valence-corrected chi connectivity index (χ0v) is 28.1. The van der Waals surface area contributed by atoms with E-state index in [2.05, 4.69) is 22.6 Å². The zero-order chi connectivity index (χ0) is 32.2. The molecule has 10 nitrogen and oxygen atoms in total. The van der Waals surface area contributed by atoms with E-state index in [1.807, 2.05) is 30.3 Å². The topological polar surface area (TPSA) is 115 Å². The third-order valence-corrected chi connectivity index (χ3v) is 8.68. The van der Waals surface area contributed by atoms with Gasteiger partial charge in [0.2, 0.25) is 0 Å². The number of rotatable bonds is 9. The minimum atomic E-state index is -0.890. The van der Waals surface area contributed by atoms with Gasteiger partial charge in [-0.3, -0.25) is 14.2 Å². The van der Waals surface area contributed by atoms with Crippen molar-refractivity contribution in [1.82, 2.24) is 4.57 Å². The van der Waals surface area contributed by atoms with Crippen LogP contribution in [0.3, 0.4) is 0 Å². The molecule has 3 aromatic carbocycles. The van der Waals surface area contributed by atoms with E-state index in [4.69, 9.17) is 28.7 Å². The van der Waals surface area contributed by atoms with E-state index in [1.165, 1.54) is 44.2 Å². The maximum absolute atomic E-state index is 14.2. The molecule has 0 saturated heterocycles. The summed E-state index contributed by atoms with van der Waals surface area (Å²) < 4.78 is 29.9. The van der Waals surface area contributed by atoms with Crippen molar-refractivity contribution in [1.29, 1.82) is 0 Å². The van der Waals surface area contributed by atoms with Crippen molar-refractivity contribution in [2.75, 3.05) is 27.9 Å². The Balaban J connectivity index is 1.81. The molecular weight excluding hydrogens is 711 g/mol. The number of methoxy groups -OCH3 is 3. The highest BCUT2D eigenvalue weighted by Crippen LogP contribution is 2.39. The van der Waals surface area contributed by atoms with E-state index in [-0.39, 0.29) is 17.7 Å². The fraction of sp³-hybridized carbons (Fsp3) is 0.212. The van der Waals surface area contributed by atoms with Crippen molar-refractivity contribution < 1.29 is 33.3 Å². The summed E-state index contributed by atoms with van der Waals surface area (Å²) >= 11 is 3.24. The van der Waals surface area contributed by atoms with Crippen molar-refractivity contribution in [3.05, 3.63) is 106 Å². The standard InChI is InChI=1S/C33H29IN2O8S/c1-6-43-32(39)27-28(20-10-8-7-9-11-20)35-33-36(29(27)21-12-13-23(40-3)24(17-21)41-4)31(38)26(45-33)16-19-14-22(34)30(44-18(2)37)25(15-19)42-5/h7-17,29H,6H2,1-5H3/b26-16-/t29-/m1/s1.